The summed E-state index contributed by atoms with van der Waals surface area (Å²) in [7, 11) is 0. The fourth-order valence-corrected chi connectivity index (χ4v) is 2.45. The summed E-state index contributed by atoms with van der Waals surface area (Å²) in [6, 6.07) is 11.1. The number of hydrogen-bond donors (Lipinski definition) is 3. The molecule has 0 saturated heterocycles. The lowest BCUT2D eigenvalue weighted by molar-refractivity contribution is 0.0910. The Balaban J connectivity index is 2.02. The van der Waals surface area contributed by atoms with Gasteiger partial charge in [-0.1, -0.05) is 30.3 Å². The van der Waals surface area contributed by atoms with Crippen molar-refractivity contribution in [1.82, 2.24) is 15.5 Å². The maximum Gasteiger partial charge on any atom is 0.269 e. The lowest BCUT2D eigenvalue weighted by atomic mass is 10.1. The molecule has 3 N–H and O–H groups in total. The van der Waals surface area contributed by atoms with E-state index in [9.17, 15) is 9.90 Å². The van der Waals surface area contributed by atoms with Gasteiger partial charge < -0.3 is 10.4 Å². The summed E-state index contributed by atoms with van der Waals surface area (Å²) in [5, 5.41) is 19.0. The summed E-state index contributed by atoms with van der Waals surface area (Å²) < 4.78 is 0. The molecule has 0 aliphatic heterocycles. The summed E-state index contributed by atoms with van der Waals surface area (Å²) in [6.07, 6.45) is 2.74. The summed E-state index contributed by atoms with van der Waals surface area (Å²) >= 11 is 1.69. The quantitative estimate of drug-likeness (QED) is 0.730. The number of nitrogens with zero attached hydrogens (tertiary/aromatic N) is 1. The highest BCUT2D eigenvalue weighted by Gasteiger charge is 2.15. The van der Waals surface area contributed by atoms with Crippen molar-refractivity contribution in [3.05, 3.63) is 42.1 Å². The number of benzene rings is 1. The Bertz CT molecular complexity index is 571. The molecule has 0 radical (unpaired) electrons. The zero-order chi connectivity index (χ0) is 15.1. The van der Waals surface area contributed by atoms with Crippen LogP contribution in [-0.2, 0) is 0 Å². The number of nitrogens with one attached hydrogen (secondary N) is 2. The number of carbonyl (C=O) groups excluding carboxylic acids is 1. The fourth-order valence-electron chi connectivity index (χ4n) is 1.93. The number of thioether (sulfide) groups is 1. The normalized spacial score (nSPS) is 12.1. The molecule has 0 fully saturated rings. The van der Waals surface area contributed by atoms with Crippen LogP contribution >= 0.6 is 11.8 Å². The van der Waals surface area contributed by atoms with Crippen LogP contribution in [0.1, 0.15) is 16.9 Å². The summed E-state index contributed by atoms with van der Waals surface area (Å²) in [6.45, 7) is -0.0635. The summed E-state index contributed by atoms with van der Waals surface area (Å²) in [4.78, 5) is 12.1. The van der Waals surface area contributed by atoms with Gasteiger partial charge in [0.05, 0.1) is 18.3 Å². The molecule has 2 rings (SSSR count). The van der Waals surface area contributed by atoms with Gasteiger partial charge in [0.15, 0.2) is 0 Å². The third-order valence-corrected chi connectivity index (χ3v) is 3.76. The number of aromatic amines is 1. The van der Waals surface area contributed by atoms with Crippen LogP contribution in [0.25, 0.3) is 11.3 Å². The van der Waals surface area contributed by atoms with Gasteiger partial charge in [-0.2, -0.15) is 16.9 Å². The van der Waals surface area contributed by atoms with Crippen molar-refractivity contribution < 1.29 is 9.90 Å². The first-order valence-electron chi connectivity index (χ1n) is 6.76. The molecule has 0 aliphatic rings. The molecular weight excluding hydrogens is 286 g/mol. The standard InChI is InChI=1S/C15H19N3O2S/c1-21-8-7-12(10-19)16-15(20)14-9-13(17-18-14)11-5-3-2-4-6-11/h2-6,9,12,19H,7-8,10H2,1H3,(H,16,20)(H,17,18)/t12-/m0/s1. The van der Waals surface area contributed by atoms with Crippen LogP contribution in [0.2, 0.25) is 0 Å². The maximum atomic E-state index is 12.1. The van der Waals surface area contributed by atoms with E-state index in [1.54, 1.807) is 17.8 Å². The minimum atomic E-state index is -0.246. The first-order valence-corrected chi connectivity index (χ1v) is 8.15. The number of aliphatic hydroxyl groups is 1. The van der Waals surface area contributed by atoms with E-state index in [2.05, 4.69) is 15.5 Å². The van der Waals surface area contributed by atoms with Crippen LogP contribution in [-0.4, -0.2) is 45.9 Å². The number of H-pyrrole nitrogens is 1. The van der Waals surface area contributed by atoms with Crippen molar-refractivity contribution in [3.8, 4) is 11.3 Å². The first kappa shape index (κ1) is 15.6. The van der Waals surface area contributed by atoms with E-state index in [0.29, 0.717) is 5.69 Å². The highest BCUT2D eigenvalue weighted by atomic mass is 32.2. The lowest BCUT2D eigenvalue weighted by Gasteiger charge is -2.14. The van der Waals surface area contributed by atoms with Gasteiger partial charge in [0, 0.05) is 5.56 Å². The smallest absolute Gasteiger partial charge is 0.269 e. The Labute approximate surface area is 128 Å². The van der Waals surface area contributed by atoms with E-state index in [-0.39, 0.29) is 18.6 Å². The molecule has 1 heterocycles. The van der Waals surface area contributed by atoms with Crippen molar-refractivity contribution in [1.29, 1.82) is 0 Å². The minimum absolute atomic E-state index is 0.0635. The van der Waals surface area contributed by atoms with Crippen LogP contribution in [0.3, 0.4) is 0 Å². The molecule has 5 nitrogen and oxygen atoms in total. The van der Waals surface area contributed by atoms with E-state index < -0.39 is 0 Å². The molecule has 21 heavy (non-hydrogen) atoms. The third kappa shape index (κ3) is 4.34. The van der Waals surface area contributed by atoms with E-state index in [1.807, 2.05) is 36.6 Å². The molecule has 1 atom stereocenters. The Morgan fingerprint density at radius 2 is 2.19 bits per heavy atom. The summed E-state index contributed by atoms with van der Waals surface area (Å²) in [5.74, 6) is 0.647. The molecule has 1 aromatic heterocycles. The molecule has 1 aromatic carbocycles. The predicted octanol–water partition coefficient (Wildman–Crippen LogP) is 1.92. The number of amides is 1. The zero-order valence-electron chi connectivity index (χ0n) is 11.9. The molecule has 0 aliphatic carbocycles. The van der Waals surface area contributed by atoms with Gasteiger partial charge in [-0.25, -0.2) is 0 Å². The average Bonchev–Trinajstić information content (AvgIpc) is 3.02. The lowest BCUT2D eigenvalue weighted by Crippen LogP contribution is -2.38. The van der Waals surface area contributed by atoms with Crippen molar-refractivity contribution in [2.24, 2.45) is 0 Å². The van der Waals surface area contributed by atoms with Gasteiger partial charge in [0.2, 0.25) is 0 Å². The third-order valence-electron chi connectivity index (χ3n) is 3.12. The number of carbonyl (C=O) groups is 1. The number of aliphatic hydroxyl groups excluding tert-OH is 1. The zero-order valence-corrected chi connectivity index (χ0v) is 12.7. The highest BCUT2D eigenvalue weighted by Crippen LogP contribution is 2.16. The molecule has 0 spiro atoms. The molecule has 0 bridgehead atoms. The molecule has 2 aromatic rings. The van der Waals surface area contributed by atoms with Gasteiger partial charge in [-0.3, -0.25) is 9.89 Å². The van der Waals surface area contributed by atoms with Crippen LogP contribution in [0.4, 0.5) is 0 Å². The van der Waals surface area contributed by atoms with E-state index >= 15 is 0 Å². The molecule has 0 saturated carbocycles. The van der Waals surface area contributed by atoms with Crippen molar-refractivity contribution in [2.75, 3.05) is 18.6 Å². The second-order valence-electron chi connectivity index (χ2n) is 4.67. The molecule has 112 valence electrons. The minimum Gasteiger partial charge on any atom is -0.394 e. The SMILES string of the molecule is CSCC[C@@H](CO)NC(=O)c1cc(-c2ccccc2)n[nH]1. The van der Waals surface area contributed by atoms with Gasteiger partial charge in [0.25, 0.3) is 5.91 Å². The van der Waals surface area contributed by atoms with Gasteiger partial charge in [-0.05, 0) is 24.5 Å². The monoisotopic (exact) mass is 305 g/mol. The first-order chi connectivity index (χ1) is 10.2. The van der Waals surface area contributed by atoms with Crippen LogP contribution < -0.4 is 5.32 Å². The highest BCUT2D eigenvalue weighted by molar-refractivity contribution is 7.98. The number of rotatable bonds is 7. The summed E-state index contributed by atoms with van der Waals surface area (Å²) in [5.41, 5.74) is 2.08. The number of hydrogen-bond acceptors (Lipinski definition) is 4. The van der Waals surface area contributed by atoms with E-state index in [0.717, 1.165) is 23.4 Å². The molecule has 6 heteroatoms. The van der Waals surface area contributed by atoms with E-state index in [1.165, 1.54) is 0 Å². The largest absolute Gasteiger partial charge is 0.394 e. The second kappa shape index (κ2) is 7.85. The van der Waals surface area contributed by atoms with Crippen LogP contribution in [0.5, 0.6) is 0 Å². The van der Waals surface area contributed by atoms with E-state index in [4.69, 9.17) is 0 Å². The average molecular weight is 305 g/mol. The Hall–Kier alpha value is -1.79. The number of aromatic nitrogens is 2. The fraction of sp³-hybridized carbons (Fsp3) is 0.333. The Morgan fingerprint density at radius 3 is 2.86 bits per heavy atom. The van der Waals surface area contributed by atoms with Crippen LogP contribution in [0, 0.1) is 0 Å². The Kier molecular flexibility index (Phi) is 5.83. The maximum absolute atomic E-state index is 12.1. The Morgan fingerprint density at radius 1 is 1.43 bits per heavy atom. The van der Waals surface area contributed by atoms with Gasteiger partial charge in [0.1, 0.15) is 5.69 Å². The molecule has 0 unspecified atom stereocenters. The topological polar surface area (TPSA) is 78.0 Å². The van der Waals surface area contributed by atoms with Gasteiger partial charge >= 0.3 is 0 Å². The van der Waals surface area contributed by atoms with Crippen molar-refractivity contribution in [3.63, 3.8) is 0 Å². The van der Waals surface area contributed by atoms with Crippen molar-refractivity contribution in [2.45, 2.75) is 12.5 Å². The second-order valence-corrected chi connectivity index (χ2v) is 5.65. The molecule has 1 amide bonds. The predicted molar refractivity (Wildman–Crippen MR) is 85.4 cm³/mol. The van der Waals surface area contributed by atoms with Crippen LogP contribution in [0.15, 0.2) is 36.4 Å². The van der Waals surface area contributed by atoms with Crippen molar-refractivity contribution >= 4 is 17.7 Å². The molecular formula is C15H19N3O2S. The van der Waals surface area contributed by atoms with Gasteiger partial charge in [-0.15, -0.1) is 0 Å².